The Kier molecular flexibility index (Phi) is 4.40. The van der Waals surface area contributed by atoms with Gasteiger partial charge in [0, 0.05) is 17.0 Å². The van der Waals surface area contributed by atoms with Crippen molar-refractivity contribution in [2.45, 2.75) is 17.9 Å². The van der Waals surface area contributed by atoms with Gasteiger partial charge >= 0.3 is 5.97 Å². The molecule has 2 N–H and O–H groups in total. The molecule has 0 amide bonds. The molecule has 0 bridgehead atoms. The quantitative estimate of drug-likeness (QED) is 0.883. The lowest BCUT2D eigenvalue weighted by Gasteiger charge is -2.14. The highest BCUT2D eigenvalue weighted by molar-refractivity contribution is 7.89. The van der Waals surface area contributed by atoms with Crippen molar-refractivity contribution in [3.05, 3.63) is 52.0 Å². The number of benzene rings is 1. The van der Waals surface area contributed by atoms with Crippen molar-refractivity contribution in [1.29, 1.82) is 0 Å². The summed E-state index contributed by atoms with van der Waals surface area (Å²) in [6.45, 7) is 1.51. The van der Waals surface area contributed by atoms with Crippen LogP contribution < -0.4 is 4.72 Å². The van der Waals surface area contributed by atoms with Crippen LogP contribution in [0, 0.1) is 5.82 Å². The molecule has 1 aromatic carbocycles. The standard InChI is InChI=1S/C13H12FNO4S2/c1-8(10-4-2-3-5-11(10)14)15-21(18,19)9-6-12(13(16)17)20-7-9/h2-8,15H,1H3,(H,16,17). The maximum Gasteiger partial charge on any atom is 0.345 e. The highest BCUT2D eigenvalue weighted by Crippen LogP contribution is 2.23. The van der Waals surface area contributed by atoms with Gasteiger partial charge in [-0.1, -0.05) is 18.2 Å². The first-order chi connectivity index (χ1) is 9.81. The van der Waals surface area contributed by atoms with Crippen LogP contribution >= 0.6 is 11.3 Å². The highest BCUT2D eigenvalue weighted by atomic mass is 32.2. The summed E-state index contributed by atoms with van der Waals surface area (Å²) in [5.41, 5.74) is 0.217. The lowest BCUT2D eigenvalue weighted by molar-refractivity contribution is 0.0702. The number of aromatic carboxylic acids is 1. The number of carbonyl (C=O) groups is 1. The van der Waals surface area contributed by atoms with Gasteiger partial charge in [-0.05, 0) is 19.1 Å². The van der Waals surface area contributed by atoms with E-state index < -0.39 is 27.9 Å². The fraction of sp³-hybridized carbons (Fsp3) is 0.154. The van der Waals surface area contributed by atoms with E-state index in [4.69, 9.17) is 5.11 Å². The van der Waals surface area contributed by atoms with Gasteiger partial charge in [-0.2, -0.15) is 0 Å². The summed E-state index contributed by atoms with van der Waals surface area (Å²) in [4.78, 5) is 10.6. The maximum atomic E-state index is 13.6. The lowest BCUT2D eigenvalue weighted by Crippen LogP contribution is -2.27. The molecule has 2 rings (SSSR count). The number of rotatable bonds is 5. The van der Waals surface area contributed by atoms with E-state index >= 15 is 0 Å². The minimum atomic E-state index is -3.91. The molecule has 1 heterocycles. The van der Waals surface area contributed by atoms with Crippen molar-refractivity contribution in [2.75, 3.05) is 0 Å². The van der Waals surface area contributed by atoms with E-state index in [2.05, 4.69) is 4.72 Å². The fourth-order valence-electron chi connectivity index (χ4n) is 1.76. The average Bonchev–Trinajstić information content (AvgIpc) is 2.89. The van der Waals surface area contributed by atoms with E-state index in [1.807, 2.05) is 0 Å². The van der Waals surface area contributed by atoms with E-state index in [-0.39, 0.29) is 15.3 Å². The molecule has 0 radical (unpaired) electrons. The minimum absolute atomic E-state index is 0.0751. The third kappa shape index (κ3) is 3.46. The Hall–Kier alpha value is -1.77. The number of halogens is 1. The van der Waals surface area contributed by atoms with Crippen LogP contribution in [0.4, 0.5) is 4.39 Å². The number of carboxylic acids is 1. The van der Waals surface area contributed by atoms with E-state index in [0.717, 1.165) is 17.4 Å². The predicted octanol–water partition coefficient (Wildman–Crippen LogP) is 2.62. The summed E-state index contributed by atoms with van der Waals surface area (Å²) >= 11 is 0.818. The van der Waals surface area contributed by atoms with E-state index in [9.17, 15) is 17.6 Å². The van der Waals surface area contributed by atoms with Crippen LogP contribution in [0.15, 0.2) is 40.6 Å². The SMILES string of the molecule is CC(NS(=O)(=O)c1csc(C(=O)O)c1)c1ccccc1F. The molecule has 21 heavy (non-hydrogen) atoms. The normalized spacial score (nSPS) is 13.0. The van der Waals surface area contributed by atoms with E-state index in [0.29, 0.717) is 0 Å². The van der Waals surface area contributed by atoms with Gasteiger partial charge in [-0.25, -0.2) is 22.3 Å². The minimum Gasteiger partial charge on any atom is -0.477 e. The van der Waals surface area contributed by atoms with Crippen molar-refractivity contribution in [3.63, 3.8) is 0 Å². The zero-order chi connectivity index (χ0) is 15.6. The van der Waals surface area contributed by atoms with E-state index in [1.54, 1.807) is 6.07 Å². The number of nitrogens with one attached hydrogen (secondary N) is 1. The molecule has 0 aliphatic heterocycles. The second kappa shape index (κ2) is 5.92. The maximum absolute atomic E-state index is 13.6. The fourth-order valence-corrected chi connectivity index (χ4v) is 4.10. The van der Waals surface area contributed by atoms with Crippen LogP contribution in [0.25, 0.3) is 0 Å². The Balaban J connectivity index is 2.24. The van der Waals surface area contributed by atoms with Crippen molar-refractivity contribution in [2.24, 2.45) is 0 Å². The molecule has 1 aromatic heterocycles. The third-order valence-corrected chi connectivity index (χ3v) is 5.39. The Bertz CT molecular complexity index is 770. The van der Waals surface area contributed by atoms with Crippen molar-refractivity contribution in [3.8, 4) is 0 Å². The summed E-state index contributed by atoms with van der Waals surface area (Å²) in [6.07, 6.45) is 0. The monoisotopic (exact) mass is 329 g/mol. The van der Waals surface area contributed by atoms with Gasteiger partial charge in [0.1, 0.15) is 10.7 Å². The second-order valence-electron chi connectivity index (χ2n) is 4.32. The van der Waals surface area contributed by atoms with Crippen molar-refractivity contribution in [1.82, 2.24) is 4.72 Å². The summed E-state index contributed by atoms with van der Waals surface area (Å²) in [5.74, 6) is -1.70. The molecule has 8 heteroatoms. The van der Waals surface area contributed by atoms with Crippen LogP contribution in [0.3, 0.4) is 0 Å². The van der Waals surface area contributed by atoms with Gasteiger partial charge in [-0.3, -0.25) is 0 Å². The highest BCUT2D eigenvalue weighted by Gasteiger charge is 2.22. The van der Waals surface area contributed by atoms with Crippen LogP contribution in [0.2, 0.25) is 0 Å². The van der Waals surface area contributed by atoms with Gasteiger partial charge < -0.3 is 5.11 Å². The summed E-state index contributed by atoms with van der Waals surface area (Å²) < 4.78 is 40.2. The number of hydrogen-bond acceptors (Lipinski definition) is 4. The zero-order valence-electron chi connectivity index (χ0n) is 10.9. The molecule has 5 nitrogen and oxygen atoms in total. The summed E-state index contributed by atoms with van der Waals surface area (Å²) in [6, 6.07) is 6.15. The Labute approximate surface area is 125 Å². The number of sulfonamides is 1. The zero-order valence-corrected chi connectivity index (χ0v) is 12.5. The molecule has 112 valence electrons. The Morgan fingerprint density at radius 2 is 2.05 bits per heavy atom. The second-order valence-corrected chi connectivity index (χ2v) is 6.94. The first-order valence-corrected chi connectivity index (χ1v) is 8.26. The van der Waals surface area contributed by atoms with Gasteiger partial charge in [0.2, 0.25) is 10.0 Å². The van der Waals surface area contributed by atoms with Crippen LogP contribution in [-0.2, 0) is 10.0 Å². The molecule has 0 aliphatic carbocycles. The number of hydrogen-bond donors (Lipinski definition) is 2. The lowest BCUT2D eigenvalue weighted by atomic mass is 10.1. The van der Waals surface area contributed by atoms with Crippen molar-refractivity contribution < 1.29 is 22.7 Å². The third-order valence-electron chi connectivity index (χ3n) is 2.80. The molecule has 0 saturated heterocycles. The molecular formula is C13H12FNO4S2. The van der Waals surface area contributed by atoms with E-state index in [1.165, 1.54) is 30.5 Å². The van der Waals surface area contributed by atoms with Crippen molar-refractivity contribution >= 4 is 27.3 Å². The first-order valence-electron chi connectivity index (χ1n) is 5.90. The number of thiophene rings is 1. The Morgan fingerprint density at radius 3 is 2.62 bits per heavy atom. The van der Waals surface area contributed by atoms with Gasteiger partial charge in [0.15, 0.2) is 0 Å². The molecular weight excluding hydrogens is 317 g/mol. The largest absolute Gasteiger partial charge is 0.477 e. The van der Waals surface area contributed by atoms with Gasteiger partial charge in [-0.15, -0.1) is 11.3 Å². The predicted molar refractivity (Wildman–Crippen MR) is 76.4 cm³/mol. The molecule has 2 aromatic rings. The first kappa shape index (κ1) is 15.6. The average molecular weight is 329 g/mol. The molecule has 1 atom stereocenters. The Morgan fingerprint density at radius 1 is 1.38 bits per heavy atom. The summed E-state index contributed by atoms with van der Waals surface area (Å²) in [7, 11) is -3.91. The number of carboxylic acid groups (broad SMARTS) is 1. The van der Waals surface area contributed by atoms with Gasteiger partial charge in [0.05, 0.1) is 4.90 Å². The smallest absolute Gasteiger partial charge is 0.345 e. The summed E-state index contributed by atoms with van der Waals surface area (Å²) in [5, 5.41) is 10.0. The van der Waals surface area contributed by atoms with Crippen LogP contribution in [0.1, 0.15) is 28.2 Å². The molecule has 0 aliphatic rings. The van der Waals surface area contributed by atoms with Crippen LogP contribution in [0.5, 0.6) is 0 Å². The van der Waals surface area contributed by atoms with Crippen LogP contribution in [-0.4, -0.2) is 19.5 Å². The molecule has 0 saturated carbocycles. The molecule has 0 spiro atoms. The molecule has 0 fully saturated rings. The molecule has 1 unspecified atom stereocenters. The van der Waals surface area contributed by atoms with Gasteiger partial charge in [0.25, 0.3) is 0 Å². The topological polar surface area (TPSA) is 83.5 Å².